The fourth-order valence-electron chi connectivity index (χ4n) is 2.16. The molecule has 2 aromatic rings. The summed E-state index contributed by atoms with van der Waals surface area (Å²) in [5.41, 5.74) is 2.80. The Bertz CT molecular complexity index is 552. The van der Waals surface area contributed by atoms with Crippen LogP contribution in [0.2, 0.25) is 0 Å². The molecule has 1 aromatic carbocycles. The fourth-order valence-corrected chi connectivity index (χ4v) is 2.79. The topological polar surface area (TPSA) is 24.9 Å². The maximum absolute atomic E-state index is 13.9. The van der Waals surface area contributed by atoms with E-state index in [-0.39, 0.29) is 11.9 Å². The van der Waals surface area contributed by atoms with Gasteiger partial charge in [-0.3, -0.25) is 4.98 Å². The molecule has 4 heteroatoms. The van der Waals surface area contributed by atoms with Crippen molar-refractivity contribution in [2.45, 2.75) is 19.9 Å². The number of rotatable bonds is 4. The lowest BCUT2D eigenvalue weighted by molar-refractivity contribution is 0.554. The second-order valence-electron chi connectivity index (χ2n) is 4.45. The molecule has 1 atom stereocenters. The minimum absolute atomic E-state index is 0.163. The second-order valence-corrected chi connectivity index (χ2v) is 5.37. The van der Waals surface area contributed by atoms with E-state index in [1.54, 1.807) is 12.3 Å². The van der Waals surface area contributed by atoms with E-state index in [4.69, 9.17) is 0 Å². The molecule has 0 bridgehead atoms. The molecule has 1 unspecified atom stereocenters. The van der Waals surface area contributed by atoms with Crippen molar-refractivity contribution >= 4 is 15.9 Å². The molecule has 0 aliphatic rings. The monoisotopic (exact) mass is 322 g/mol. The molecular weight excluding hydrogens is 307 g/mol. The lowest BCUT2D eigenvalue weighted by atomic mass is 9.98. The van der Waals surface area contributed by atoms with Crippen molar-refractivity contribution in [3.8, 4) is 0 Å². The van der Waals surface area contributed by atoms with Crippen molar-refractivity contribution in [3.05, 3.63) is 63.6 Å². The van der Waals surface area contributed by atoms with Gasteiger partial charge in [0.25, 0.3) is 0 Å². The van der Waals surface area contributed by atoms with Gasteiger partial charge in [-0.25, -0.2) is 4.39 Å². The third-order valence-corrected chi connectivity index (χ3v) is 3.38. The van der Waals surface area contributed by atoms with Gasteiger partial charge in [-0.2, -0.15) is 0 Å². The Morgan fingerprint density at radius 1 is 1.37 bits per heavy atom. The summed E-state index contributed by atoms with van der Waals surface area (Å²) in [6.45, 7) is 4.80. The molecule has 1 heterocycles. The molecule has 2 nitrogen and oxygen atoms in total. The molecule has 0 saturated carbocycles. The third-order valence-electron chi connectivity index (χ3n) is 2.92. The summed E-state index contributed by atoms with van der Waals surface area (Å²) in [7, 11) is 0. The Kier molecular flexibility index (Phi) is 4.66. The summed E-state index contributed by atoms with van der Waals surface area (Å²) in [6, 6.07) is 7.68. The number of hydrogen-bond donors (Lipinski definition) is 1. The van der Waals surface area contributed by atoms with E-state index in [2.05, 4.69) is 32.3 Å². The summed E-state index contributed by atoms with van der Waals surface area (Å²) in [5.74, 6) is -0.286. The van der Waals surface area contributed by atoms with Gasteiger partial charge in [0.1, 0.15) is 5.82 Å². The van der Waals surface area contributed by atoms with Crippen molar-refractivity contribution in [1.29, 1.82) is 0 Å². The van der Waals surface area contributed by atoms with E-state index in [1.807, 2.05) is 26.0 Å². The largest absolute Gasteiger partial charge is 0.306 e. The van der Waals surface area contributed by atoms with E-state index in [0.717, 1.165) is 22.1 Å². The molecule has 2 rings (SSSR count). The number of nitrogens with zero attached hydrogens (tertiary/aromatic N) is 1. The van der Waals surface area contributed by atoms with Crippen molar-refractivity contribution in [2.24, 2.45) is 0 Å². The van der Waals surface area contributed by atoms with Crippen molar-refractivity contribution in [2.75, 3.05) is 6.54 Å². The van der Waals surface area contributed by atoms with Crippen LogP contribution in [0.5, 0.6) is 0 Å². The number of benzene rings is 1. The average Bonchev–Trinajstić information content (AvgIpc) is 2.36. The second kappa shape index (κ2) is 6.26. The molecule has 19 heavy (non-hydrogen) atoms. The number of nitrogens with one attached hydrogen (secondary N) is 1. The zero-order chi connectivity index (χ0) is 13.8. The molecule has 0 spiro atoms. The maximum Gasteiger partial charge on any atom is 0.146 e. The first-order valence-corrected chi connectivity index (χ1v) is 7.01. The average molecular weight is 323 g/mol. The van der Waals surface area contributed by atoms with Gasteiger partial charge >= 0.3 is 0 Å². The van der Waals surface area contributed by atoms with E-state index in [1.165, 1.54) is 6.20 Å². The van der Waals surface area contributed by atoms with Crippen molar-refractivity contribution in [3.63, 3.8) is 0 Å². The van der Waals surface area contributed by atoms with Gasteiger partial charge in [-0.05, 0) is 42.8 Å². The Labute approximate surface area is 121 Å². The number of hydrogen-bond acceptors (Lipinski definition) is 2. The van der Waals surface area contributed by atoms with Crippen LogP contribution in [0.1, 0.15) is 29.7 Å². The maximum atomic E-state index is 13.9. The minimum atomic E-state index is -0.286. The number of aryl methyl sites for hydroxylation is 1. The zero-order valence-corrected chi connectivity index (χ0v) is 12.5. The molecule has 0 fully saturated rings. The molecular formula is C15H16BrFN2. The van der Waals surface area contributed by atoms with Gasteiger partial charge < -0.3 is 5.32 Å². The lowest BCUT2D eigenvalue weighted by Gasteiger charge is -2.20. The Morgan fingerprint density at radius 2 is 2.16 bits per heavy atom. The highest BCUT2D eigenvalue weighted by Gasteiger charge is 2.17. The molecule has 0 amide bonds. The van der Waals surface area contributed by atoms with Crippen LogP contribution in [0.15, 0.2) is 41.1 Å². The molecule has 0 aliphatic heterocycles. The van der Waals surface area contributed by atoms with E-state index >= 15 is 0 Å². The predicted molar refractivity (Wildman–Crippen MR) is 78.6 cm³/mol. The lowest BCUT2D eigenvalue weighted by Crippen LogP contribution is -2.23. The first-order valence-electron chi connectivity index (χ1n) is 6.21. The summed E-state index contributed by atoms with van der Waals surface area (Å²) >= 11 is 3.49. The van der Waals surface area contributed by atoms with Crippen LogP contribution in [-0.2, 0) is 0 Å². The number of halogens is 2. The first-order chi connectivity index (χ1) is 9.11. The van der Waals surface area contributed by atoms with Crippen LogP contribution in [-0.4, -0.2) is 11.5 Å². The van der Waals surface area contributed by atoms with E-state index < -0.39 is 0 Å². The smallest absolute Gasteiger partial charge is 0.146 e. The molecule has 0 aliphatic carbocycles. The molecule has 1 aromatic heterocycles. The highest BCUT2D eigenvalue weighted by molar-refractivity contribution is 9.10. The standard InChI is InChI=1S/C15H16BrFN2/c1-3-19-15(13-4-5-18-9-14(13)17)11-6-10(2)7-12(16)8-11/h4-9,15,19H,3H2,1-2H3. The molecule has 0 radical (unpaired) electrons. The van der Waals surface area contributed by atoms with Gasteiger partial charge in [0.2, 0.25) is 0 Å². The third kappa shape index (κ3) is 3.39. The zero-order valence-electron chi connectivity index (χ0n) is 11.0. The quantitative estimate of drug-likeness (QED) is 0.920. The van der Waals surface area contributed by atoms with Crippen LogP contribution in [0, 0.1) is 12.7 Å². The van der Waals surface area contributed by atoms with Gasteiger partial charge in [0, 0.05) is 16.2 Å². The van der Waals surface area contributed by atoms with Gasteiger partial charge in [-0.1, -0.05) is 28.9 Å². The first kappa shape index (κ1) is 14.2. The molecule has 1 N–H and O–H groups in total. The van der Waals surface area contributed by atoms with E-state index in [0.29, 0.717) is 5.56 Å². The number of aromatic nitrogens is 1. The van der Waals surface area contributed by atoms with Crippen LogP contribution in [0.3, 0.4) is 0 Å². The minimum Gasteiger partial charge on any atom is -0.306 e. The predicted octanol–water partition coefficient (Wildman–Crippen LogP) is 3.99. The summed E-state index contributed by atoms with van der Waals surface area (Å²) in [6.07, 6.45) is 2.87. The van der Waals surface area contributed by atoms with Crippen LogP contribution < -0.4 is 5.32 Å². The SMILES string of the molecule is CCNC(c1cc(C)cc(Br)c1)c1ccncc1F. The van der Waals surface area contributed by atoms with Crippen LogP contribution in [0.4, 0.5) is 4.39 Å². The van der Waals surface area contributed by atoms with Gasteiger partial charge in [0.05, 0.1) is 12.2 Å². The van der Waals surface area contributed by atoms with E-state index in [9.17, 15) is 4.39 Å². The van der Waals surface area contributed by atoms with Crippen molar-refractivity contribution < 1.29 is 4.39 Å². The highest BCUT2D eigenvalue weighted by atomic mass is 79.9. The summed E-state index contributed by atoms with van der Waals surface area (Å²) < 4.78 is 14.9. The van der Waals surface area contributed by atoms with Crippen molar-refractivity contribution in [1.82, 2.24) is 10.3 Å². The van der Waals surface area contributed by atoms with Crippen LogP contribution >= 0.6 is 15.9 Å². The highest BCUT2D eigenvalue weighted by Crippen LogP contribution is 2.27. The fraction of sp³-hybridized carbons (Fsp3) is 0.267. The van der Waals surface area contributed by atoms with Crippen LogP contribution in [0.25, 0.3) is 0 Å². The Morgan fingerprint density at radius 3 is 2.79 bits per heavy atom. The normalized spacial score (nSPS) is 12.4. The summed E-state index contributed by atoms with van der Waals surface area (Å²) in [5, 5.41) is 3.32. The Balaban J connectivity index is 2.48. The molecule has 100 valence electrons. The molecule has 0 saturated heterocycles. The van der Waals surface area contributed by atoms with Gasteiger partial charge in [-0.15, -0.1) is 0 Å². The number of pyridine rings is 1. The van der Waals surface area contributed by atoms with Gasteiger partial charge in [0.15, 0.2) is 0 Å². The Hall–Kier alpha value is -1.26. The summed E-state index contributed by atoms with van der Waals surface area (Å²) in [4.78, 5) is 3.80.